The molecule has 132 valence electrons. The molecule has 1 aliphatic rings. The molecule has 1 fully saturated rings. The van der Waals surface area contributed by atoms with E-state index in [0.29, 0.717) is 0 Å². The Balaban J connectivity index is 2.00. The van der Waals surface area contributed by atoms with Crippen LogP contribution in [0.3, 0.4) is 0 Å². The summed E-state index contributed by atoms with van der Waals surface area (Å²) in [5.41, 5.74) is -1.10. The summed E-state index contributed by atoms with van der Waals surface area (Å²) in [5.74, 6) is -0.450. The summed E-state index contributed by atoms with van der Waals surface area (Å²) in [6.07, 6.45) is 4.99. The summed E-state index contributed by atoms with van der Waals surface area (Å²) < 4.78 is 10.3. The van der Waals surface area contributed by atoms with Gasteiger partial charge in [-0.15, -0.1) is 0 Å². The predicted octanol–water partition coefficient (Wildman–Crippen LogP) is 2.77. The van der Waals surface area contributed by atoms with E-state index >= 15 is 0 Å². The molecule has 0 aliphatic heterocycles. The fraction of sp³-hybridized carbons (Fsp3) is 0.412. The summed E-state index contributed by atoms with van der Waals surface area (Å²) in [6.45, 7) is 0. The van der Waals surface area contributed by atoms with Crippen LogP contribution in [0.2, 0.25) is 0 Å². The zero-order valence-electron chi connectivity index (χ0n) is 13.7. The second-order valence-corrected chi connectivity index (χ2v) is 6.08. The van der Waals surface area contributed by atoms with E-state index in [9.17, 15) is 19.7 Å². The average Bonchev–Trinajstić information content (AvgIpc) is 2.61. The Morgan fingerprint density at radius 1 is 1.28 bits per heavy atom. The highest BCUT2D eigenvalue weighted by atomic mass is 16.6. The zero-order chi connectivity index (χ0) is 18.0. The smallest absolute Gasteiger partial charge is 0.349 e. The lowest BCUT2D eigenvalue weighted by Gasteiger charge is -2.22. The van der Waals surface area contributed by atoms with E-state index in [4.69, 9.17) is 9.15 Å². The van der Waals surface area contributed by atoms with Gasteiger partial charge in [0.15, 0.2) is 11.3 Å². The number of nitrogens with one attached hydrogen (secondary N) is 1. The van der Waals surface area contributed by atoms with Crippen molar-refractivity contribution < 1.29 is 18.9 Å². The third-order valence-corrected chi connectivity index (χ3v) is 4.40. The molecule has 0 bridgehead atoms. The summed E-state index contributed by atoms with van der Waals surface area (Å²) in [5, 5.41) is 14.1. The van der Waals surface area contributed by atoms with Gasteiger partial charge in [0.25, 0.3) is 11.6 Å². The van der Waals surface area contributed by atoms with Gasteiger partial charge in [0.2, 0.25) is 0 Å². The molecule has 25 heavy (non-hydrogen) atoms. The van der Waals surface area contributed by atoms with E-state index in [2.05, 4.69) is 5.32 Å². The molecule has 0 unspecified atom stereocenters. The molecule has 0 saturated heterocycles. The van der Waals surface area contributed by atoms with Crippen molar-refractivity contribution in [2.45, 2.75) is 38.1 Å². The Hall–Kier alpha value is -2.90. The maximum Gasteiger partial charge on any atom is 0.349 e. The highest BCUT2D eigenvalue weighted by Gasteiger charge is 2.22. The lowest BCUT2D eigenvalue weighted by Crippen LogP contribution is -2.38. The molecular weight excluding hydrogens is 328 g/mol. The Morgan fingerprint density at radius 2 is 2.00 bits per heavy atom. The SMILES string of the molecule is COc1cc([N+](=O)[O-])cc2cc(C(=O)NC3CCCCC3)c(=O)oc12. The number of amides is 1. The van der Waals surface area contributed by atoms with Crippen LogP contribution in [-0.2, 0) is 0 Å². The van der Waals surface area contributed by atoms with E-state index in [1.54, 1.807) is 0 Å². The molecule has 1 heterocycles. The van der Waals surface area contributed by atoms with Gasteiger partial charge in [-0.1, -0.05) is 19.3 Å². The number of methoxy groups -OCH3 is 1. The van der Waals surface area contributed by atoms with Crippen molar-refractivity contribution in [3.8, 4) is 5.75 Å². The summed E-state index contributed by atoms with van der Waals surface area (Å²) >= 11 is 0. The Morgan fingerprint density at radius 3 is 2.64 bits per heavy atom. The number of benzene rings is 1. The van der Waals surface area contributed by atoms with E-state index in [-0.39, 0.29) is 34.0 Å². The van der Waals surface area contributed by atoms with Crippen LogP contribution < -0.4 is 15.7 Å². The highest BCUT2D eigenvalue weighted by molar-refractivity contribution is 5.98. The number of fused-ring (bicyclic) bond motifs is 1. The van der Waals surface area contributed by atoms with Crippen molar-refractivity contribution >= 4 is 22.6 Å². The summed E-state index contributed by atoms with van der Waals surface area (Å²) in [7, 11) is 1.32. The zero-order valence-corrected chi connectivity index (χ0v) is 13.7. The Kier molecular flexibility index (Phi) is 4.69. The maximum absolute atomic E-state index is 12.4. The Labute approximate surface area is 142 Å². The molecule has 1 aromatic heterocycles. The van der Waals surface area contributed by atoms with Crippen molar-refractivity contribution in [2.75, 3.05) is 7.11 Å². The third-order valence-electron chi connectivity index (χ3n) is 4.40. The van der Waals surface area contributed by atoms with Gasteiger partial charge in [-0.2, -0.15) is 0 Å². The lowest BCUT2D eigenvalue weighted by molar-refractivity contribution is -0.384. The van der Waals surface area contributed by atoms with Crippen LogP contribution in [0.25, 0.3) is 11.0 Å². The first-order chi connectivity index (χ1) is 12.0. The van der Waals surface area contributed by atoms with Gasteiger partial charge in [0, 0.05) is 17.5 Å². The monoisotopic (exact) mass is 346 g/mol. The number of ether oxygens (including phenoxy) is 1. The van der Waals surface area contributed by atoms with Crippen LogP contribution in [0.1, 0.15) is 42.5 Å². The molecule has 2 aromatic rings. The maximum atomic E-state index is 12.4. The first-order valence-corrected chi connectivity index (χ1v) is 8.10. The minimum absolute atomic E-state index is 0.0380. The first-order valence-electron chi connectivity index (χ1n) is 8.10. The number of nitro benzene ring substituents is 1. The van der Waals surface area contributed by atoms with E-state index in [1.807, 2.05) is 0 Å². The fourth-order valence-corrected chi connectivity index (χ4v) is 3.11. The van der Waals surface area contributed by atoms with E-state index < -0.39 is 16.5 Å². The van der Waals surface area contributed by atoms with Crippen LogP contribution in [0.5, 0.6) is 5.75 Å². The van der Waals surface area contributed by atoms with Crippen LogP contribution in [0, 0.1) is 10.1 Å². The molecule has 8 heteroatoms. The number of hydrogen-bond acceptors (Lipinski definition) is 6. The standard InChI is InChI=1S/C17H18N2O6/c1-24-14-9-12(19(22)23)7-10-8-13(17(21)25-15(10)14)16(20)18-11-5-3-2-4-6-11/h7-9,11H,2-6H2,1H3,(H,18,20). The van der Waals surface area contributed by atoms with Gasteiger partial charge in [-0.05, 0) is 18.9 Å². The quantitative estimate of drug-likeness (QED) is 0.517. The van der Waals surface area contributed by atoms with Gasteiger partial charge in [-0.3, -0.25) is 14.9 Å². The van der Waals surface area contributed by atoms with Gasteiger partial charge in [-0.25, -0.2) is 4.79 Å². The second kappa shape index (κ2) is 6.92. The van der Waals surface area contributed by atoms with Crippen LogP contribution in [0.15, 0.2) is 27.4 Å². The van der Waals surface area contributed by atoms with Crippen molar-refractivity contribution in [3.05, 3.63) is 44.3 Å². The molecule has 8 nitrogen and oxygen atoms in total. The molecule has 0 radical (unpaired) electrons. The molecule has 0 atom stereocenters. The van der Waals surface area contributed by atoms with Crippen molar-refractivity contribution in [3.63, 3.8) is 0 Å². The first kappa shape index (κ1) is 16.9. The fourth-order valence-electron chi connectivity index (χ4n) is 3.11. The van der Waals surface area contributed by atoms with Crippen LogP contribution in [-0.4, -0.2) is 24.0 Å². The van der Waals surface area contributed by atoms with Crippen LogP contribution in [0.4, 0.5) is 5.69 Å². The number of nitro groups is 1. The highest BCUT2D eigenvalue weighted by Crippen LogP contribution is 2.30. The van der Waals surface area contributed by atoms with E-state index in [0.717, 1.165) is 32.1 Å². The third kappa shape index (κ3) is 3.47. The normalized spacial score (nSPS) is 15.1. The number of nitrogens with zero attached hydrogens (tertiary/aromatic N) is 1. The topological polar surface area (TPSA) is 112 Å². The average molecular weight is 346 g/mol. The van der Waals surface area contributed by atoms with E-state index in [1.165, 1.54) is 25.3 Å². The summed E-state index contributed by atoms with van der Waals surface area (Å²) in [4.78, 5) is 35.1. The Bertz CT molecular complexity index is 883. The molecule has 0 spiro atoms. The molecule has 3 rings (SSSR count). The largest absolute Gasteiger partial charge is 0.493 e. The number of rotatable bonds is 4. The summed E-state index contributed by atoms with van der Waals surface area (Å²) in [6, 6.07) is 3.77. The van der Waals surface area contributed by atoms with Gasteiger partial charge >= 0.3 is 5.63 Å². The van der Waals surface area contributed by atoms with Crippen molar-refractivity contribution in [1.29, 1.82) is 0 Å². The molecule has 1 aliphatic carbocycles. The molecule has 1 amide bonds. The van der Waals surface area contributed by atoms with Gasteiger partial charge in [0.1, 0.15) is 5.56 Å². The lowest BCUT2D eigenvalue weighted by atomic mass is 9.95. The number of hydrogen-bond donors (Lipinski definition) is 1. The number of carbonyl (C=O) groups excluding carboxylic acids is 1. The number of non-ortho nitro benzene ring substituents is 1. The second-order valence-electron chi connectivity index (χ2n) is 6.08. The molecule has 1 N–H and O–H groups in total. The minimum atomic E-state index is -0.798. The van der Waals surface area contributed by atoms with Crippen LogP contribution >= 0.6 is 0 Å². The van der Waals surface area contributed by atoms with Crippen molar-refractivity contribution in [1.82, 2.24) is 5.32 Å². The molecule has 1 saturated carbocycles. The van der Waals surface area contributed by atoms with Gasteiger partial charge < -0.3 is 14.5 Å². The predicted molar refractivity (Wildman–Crippen MR) is 90.0 cm³/mol. The number of carbonyl (C=O) groups is 1. The minimum Gasteiger partial charge on any atom is -0.493 e. The molecule has 1 aromatic carbocycles. The van der Waals surface area contributed by atoms with Gasteiger partial charge in [0.05, 0.1) is 18.1 Å². The van der Waals surface area contributed by atoms with Crippen molar-refractivity contribution in [2.24, 2.45) is 0 Å². The molecular formula is C17H18N2O6.